The van der Waals surface area contributed by atoms with Crippen molar-refractivity contribution in [3.05, 3.63) is 77.9 Å². The predicted octanol–water partition coefficient (Wildman–Crippen LogP) is 4.90. The zero-order chi connectivity index (χ0) is 24.4. The molecule has 5 rings (SSSR count). The summed E-state index contributed by atoms with van der Waals surface area (Å²) in [5.41, 5.74) is 2.04. The number of piperidine rings is 1. The van der Waals surface area contributed by atoms with E-state index < -0.39 is 0 Å². The van der Waals surface area contributed by atoms with E-state index in [1.54, 1.807) is 47.4 Å². The maximum Gasteiger partial charge on any atom is 0.195 e. The third kappa shape index (κ3) is 5.19. The van der Waals surface area contributed by atoms with Gasteiger partial charge in [0.2, 0.25) is 0 Å². The zero-order valence-electron chi connectivity index (χ0n) is 19.8. The number of aromatic hydroxyl groups is 2. The van der Waals surface area contributed by atoms with E-state index >= 15 is 0 Å². The first-order chi connectivity index (χ1) is 17.0. The molecule has 5 nitrogen and oxygen atoms in total. The first-order valence-electron chi connectivity index (χ1n) is 12.1. The molecule has 0 saturated carbocycles. The van der Waals surface area contributed by atoms with Crippen LogP contribution in [0, 0.1) is 5.92 Å². The Morgan fingerprint density at radius 3 is 2.37 bits per heavy atom. The summed E-state index contributed by atoms with van der Waals surface area (Å²) in [4.78, 5) is 16.1. The minimum Gasteiger partial charge on any atom is -0.508 e. The lowest BCUT2D eigenvalue weighted by molar-refractivity contribution is -0.906. The van der Waals surface area contributed by atoms with Gasteiger partial charge in [0.25, 0.3) is 0 Å². The highest BCUT2D eigenvalue weighted by atomic mass is 32.1. The number of thiophene rings is 1. The Bertz CT molecular complexity index is 1320. The number of carbonyl (C=O) groups excluding carboxylic acids is 1. The third-order valence-electron chi connectivity index (χ3n) is 6.85. The summed E-state index contributed by atoms with van der Waals surface area (Å²) in [6, 6.07) is 19.3. The van der Waals surface area contributed by atoms with Crippen LogP contribution < -0.4 is 9.64 Å². The van der Waals surface area contributed by atoms with E-state index in [0.29, 0.717) is 17.7 Å². The van der Waals surface area contributed by atoms with Crippen molar-refractivity contribution in [3.8, 4) is 27.7 Å². The summed E-state index contributed by atoms with van der Waals surface area (Å²) < 4.78 is 6.81. The molecule has 0 radical (unpaired) electrons. The van der Waals surface area contributed by atoms with Gasteiger partial charge >= 0.3 is 0 Å². The average Bonchev–Trinajstić information content (AvgIpc) is 3.24. The average molecular weight is 489 g/mol. The minimum absolute atomic E-state index is 0.0801. The van der Waals surface area contributed by atoms with Crippen LogP contribution in [0.1, 0.15) is 35.7 Å². The molecule has 0 bridgehead atoms. The second kappa shape index (κ2) is 10.1. The van der Waals surface area contributed by atoms with Crippen molar-refractivity contribution in [1.29, 1.82) is 0 Å². The predicted molar refractivity (Wildman–Crippen MR) is 140 cm³/mol. The molecule has 6 heteroatoms. The van der Waals surface area contributed by atoms with Crippen LogP contribution in [0.4, 0.5) is 0 Å². The molecule has 1 aromatic heterocycles. The van der Waals surface area contributed by atoms with Crippen LogP contribution in [-0.2, 0) is 0 Å². The molecule has 0 amide bonds. The highest BCUT2D eigenvalue weighted by Gasteiger charge is 2.22. The number of hydrogen-bond donors (Lipinski definition) is 3. The molecule has 0 atom stereocenters. The second-order valence-electron chi connectivity index (χ2n) is 9.42. The summed E-state index contributed by atoms with van der Waals surface area (Å²) in [6.07, 6.45) is 2.57. The van der Waals surface area contributed by atoms with Crippen molar-refractivity contribution in [1.82, 2.24) is 0 Å². The van der Waals surface area contributed by atoms with E-state index in [4.69, 9.17) is 4.74 Å². The molecular formula is C29H30NO4S+. The van der Waals surface area contributed by atoms with Crippen LogP contribution in [0.5, 0.6) is 17.2 Å². The largest absolute Gasteiger partial charge is 0.508 e. The molecule has 1 saturated heterocycles. The van der Waals surface area contributed by atoms with Gasteiger partial charge in [-0.3, -0.25) is 4.79 Å². The fraction of sp³-hybridized carbons (Fsp3) is 0.276. The number of likely N-dealkylation sites (tertiary alicyclic amines) is 1. The molecule has 3 aromatic carbocycles. The number of fused-ring (bicyclic) bond motifs is 1. The van der Waals surface area contributed by atoms with Gasteiger partial charge in [0, 0.05) is 26.1 Å². The van der Waals surface area contributed by atoms with Gasteiger partial charge in [-0.15, -0.1) is 11.3 Å². The fourth-order valence-electron chi connectivity index (χ4n) is 4.71. The van der Waals surface area contributed by atoms with E-state index in [9.17, 15) is 15.0 Å². The first kappa shape index (κ1) is 23.4. The fourth-order valence-corrected chi connectivity index (χ4v) is 5.95. The maximum absolute atomic E-state index is 13.7. The van der Waals surface area contributed by atoms with Crippen molar-refractivity contribution in [2.45, 2.75) is 19.8 Å². The van der Waals surface area contributed by atoms with Crippen LogP contribution in [0.2, 0.25) is 0 Å². The monoisotopic (exact) mass is 488 g/mol. The van der Waals surface area contributed by atoms with Crippen LogP contribution in [0.3, 0.4) is 0 Å². The highest BCUT2D eigenvalue weighted by Crippen LogP contribution is 2.41. The van der Waals surface area contributed by atoms with Gasteiger partial charge in [-0.1, -0.05) is 6.92 Å². The van der Waals surface area contributed by atoms with Crippen molar-refractivity contribution < 1.29 is 24.6 Å². The van der Waals surface area contributed by atoms with Gasteiger partial charge in [0.1, 0.15) is 30.4 Å². The molecule has 1 fully saturated rings. The lowest BCUT2D eigenvalue weighted by atomic mass is 9.97. The number of benzene rings is 3. The molecule has 180 valence electrons. The van der Waals surface area contributed by atoms with Gasteiger partial charge in [0.15, 0.2) is 5.78 Å². The zero-order valence-corrected chi connectivity index (χ0v) is 20.6. The van der Waals surface area contributed by atoms with Crippen LogP contribution in [0.15, 0.2) is 66.7 Å². The van der Waals surface area contributed by atoms with Crippen molar-refractivity contribution in [3.63, 3.8) is 0 Å². The topological polar surface area (TPSA) is 71.2 Å². The molecule has 3 N–H and O–H groups in total. The summed E-state index contributed by atoms with van der Waals surface area (Å²) >= 11 is 1.46. The lowest BCUT2D eigenvalue weighted by Gasteiger charge is -2.27. The number of ketones is 1. The molecule has 0 spiro atoms. The number of phenolic OH excluding ortho intramolecular Hbond substituents is 2. The normalized spacial score (nSPS) is 18.0. The molecular weight excluding hydrogens is 458 g/mol. The summed E-state index contributed by atoms with van der Waals surface area (Å²) in [6.45, 7) is 6.42. The van der Waals surface area contributed by atoms with Crippen LogP contribution >= 0.6 is 11.3 Å². The Labute approximate surface area is 209 Å². The Kier molecular flexibility index (Phi) is 6.75. The molecule has 35 heavy (non-hydrogen) atoms. The SMILES string of the molecule is CC1CC[NH+](CCOc2ccc(C(=O)c3c(-c4ccc(O)cc4)sc4cc(O)ccc34)cc2)CC1. The van der Waals surface area contributed by atoms with Gasteiger partial charge in [-0.05, 0) is 91.1 Å². The minimum atomic E-state index is -0.0801. The van der Waals surface area contributed by atoms with Gasteiger partial charge < -0.3 is 19.8 Å². The number of ether oxygens (including phenoxy) is 1. The lowest BCUT2D eigenvalue weighted by Crippen LogP contribution is -3.13. The van der Waals surface area contributed by atoms with E-state index in [1.807, 2.05) is 24.3 Å². The molecule has 2 heterocycles. The molecule has 1 aliphatic heterocycles. The van der Waals surface area contributed by atoms with Crippen molar-refractivity contribution >= 4 is 27.2 Å². The number of rotatable bonds is 7. The number of hydrogen-bond acceptors (Lipinski definition) is 5. The highest BCUT2D eigenvalue weighted by molar-refractivity contribution is 7.22. The Balaban J connectivity index is 1.36. The third-order valence-corrected chi connectivity index (χ3v) is 8.05. The Morgan fingerprint density at radius 1 is 0.971 bits per heavy atom. The van der Waals surface area contributed by atoms with E-state index in [2.05, 4.69) is 6.92 Å². The maximum atomic E-state index is 13.7. The molecule has 1 aliphatic rings. The number of quaternary nitrogens is 1. The van der Waals surface area contributed by atoms with E-state index in [1.165, 1.54) is 37.3 Å². The van der Waals surface area contributed by atoms with Gasteiger partial charge in [0.05, 0.1) is 13.1 Å². The van der Waals surface area contributed by atoms with Crippen molar-refractivity contribution in [2.75, 3.05) is 26.2 Å². The van der Waals surface area contributed by atoms with Gasteiger partial charge in [-0.25, -0.2) is 0 Å². The quantitative estimate of drug-likeness (QED) is 0.324. The summed E-state index contributed by atoms with van der Waals surface area (Å²) in [5, 5.41) is 20.5. The number of phenols is 2. The Morgan fingerprint density at radius 2 is 1.66 bits per heavy atom. The first-order valence-corrected chi connectivity index (χ1v) is 13.0. The summed E-state index contributed by atoms with van der Waals surface area (Å²) in [5.74, 6) is 1.86. The number of nitrogens with one attached hydrogen (secondary N) is 1. The van der Waals surface area contributed by atoms with E-state index in [0.717, 1.165) is 38.7 Å². The van der Waals surface area contributed by atoms with Crippen LogP contribution in [0.25, 0.3) is 20.5 Å². The molecule has 4 aromatic rings. The Hall–Kier alpha value is -3.35. The van der Waals surface area contributed by atoms with Crippen LogP contribution in [-0.4, -0.2) is 42.2 Å². The smallest absolute Gasteiger partial charge is 0.195 e. The molecule has 0 unspecified atom stereocenters. The standard InChI is InChI=1S/C29H29NO4S/c1-19-12-14-30(15-13-19)16-17-34-24-9-4-20(5-10-24)28(33)27-25-11-8-23(32)18-26(25)35-29(27)21-2-6-22(31)7-3-21/h2-11,18-19,31-32H,12-17H2,1H3/p+1. The second-order valence-corrected chi connectivity index (χ2v) is 10.5. The number of carbonyl (C=O) groups is 1. The van der Waals surface area contributed by atoms with Crippen molar-refractivity contribution in [2.24, 2.45) is 5.92 Å². The summed E-state index contributed by atoms with van der Waals surface area (Å²) in [7, 11) is 0. The molecule has 0 aliphatic carbocycles. The van der Waals surface area contributed by atoms with E-state index in [-0.39, 0.29) is 17.3 Å². The van der Waals surface area contributed by atoms with Gasteiger partial charge in [-0.2, -0.15) is 0 Å².